The summed E-state index contributed by atoms with van der Waals surface area (Å²) in [7, 11) is -3.03. The number of nitrogens with zero attached hydrogens (tertiary/aromatic N) is 1. The van der Waals surface area contributed by atoms with Crippen LogP contribution in [-0.2, 0) is 9.84 Å². The molecule has 5 nitrogen and oxygen atoms in total. The fourth-order valence-electron chi connectivity index (χ4n) is 2.56. The van der Waals surface area contributed by atoms with Gasteiger partial charge in [-0.05, 0) is 24.4 Å². The topological polar surface area (TPSA) is 69.6 Å². The van der Waals surface area contributed by atoms with E-state index >= 15 is 0 Å². The van der Waals surface area contributed by atoms with E-state index in [1.54, 1.807) is 29.2 Å². The molecule has 7 heteroatoms. The van der Waals surface area contributed by atoms with Gasteiger partial charge in [-0.3, -0.25) is 0 Å². The molecule has 1 aromatic carbocycles. The van der Waals surface area contributed by atoms with Gasteiger partial charge in [0.1, 0.15) is 5.75 Å². The number of benzene rings is 1. The first kappa shape index (κ1) is 11.7. The molecule has 2 saturated heterocycles. The summed E-state index contributed by atoms with van der Waals surface area (Å²) in [4.78, 5) is 1.71. The molecule has 2 heterocycles. The number of phenols is 1. The first-order chi connectivity index (χ1) is 8.48. The lowest BCUT2D eigenvalue weighted by molar-refractivity contribution is 0.474. The molecule has 2 aliphatic heterocycles. The highest BCUT2D eigenvalue weighted by Gasteiger charge is 2.48. The van der Waals surface area contributed by atoms with Crippen LogP contribution in [-0.4, -0.2) is 42.2 Å². The van der Waals surface area contributed by atoms with Crippen molar-refractivity contribution in [3.05, 3.63) is 24.3 Å². The minimum atomic E-state index is -3.03. The summed E-state index contributed by atoms with van der Waals surface area (Å²) in [5.41, 5.74) is 0.555. The van der Waals surface area contributed by atoms with E-state index in [-0.39, 0.29) is 29.3 Å². The molecule has 0 aromatic heterocycles. The van der Waals surface area contributed by atoms with Crippen LogP contribution in [0.3, 0.4) is 0 Å². The lowest BCUT2D eigenvalue weighted by Crippen LogP contribution is -2.36. The van der Waals surface area contributed by atoms with Gasteiger partial charge in [-0.25, -0.2) is 8.42 Å². The lowest BCUT2D eigenvalue weighted by Gasteiger charge is -2.23. The van der Waals surface area contributed by atoms with Gasteiger partial charge >= 0.3 is 0 Å². The van der Waals surface area contributed by atoms with Crippen LogP contribution in [0.5, 0.6) is 5.75 Å². The smallest absolute Gasteiger partial charge is 0.174 e. The molecule has 0 aliphatic carbocycles. The van der Waals surface area contributed by atoms with Crippen molar-refractivity contribution < 1.29 is 13.5 Å². The SMILES string of the molecule is O=S1(=O)CC2NC(=S)N(c3ccccc3O)C2C1. The number of nitrogens with one attached hydrogen (secondary N) is 1. The van der Waals surface area contributed by atoms with Crippen LogP contribution in [0.15, 0.2) is 24.3 Å². The molecule has 0 radical (unpaired) electrons. The summed E-state index contributed by atoms with van der Waals surface area (Å²) in [6.07, 6.45) is 0. The van der Waals surface area contributed by atoms with Gasteiger partial charge in [0.2, 0.25) is 0 Å². The van der Waals surface area contributed by atoms with Crippen molar-refractivity contribution in [2.45, 2.75) is 12.1 Å². The highest BCUT2D eigenvalue weighted by Crippen LogP contribution is 2.34. The van der Waals surface area contributed by atoms with E-state index < -0.39 is 9.84 Å². The Balaban J connectivity index is 2.02. The summed E-state index contributed by atoms with van der Waals surface area (Å²) in [5.74, 6) is 0.271. The number of anilines is 1. The second-order valence-corrected chi connectivity index (χ2v) is 7.10. The molecule has 0 saturated carbocycles. The molecule has 0 bridgehead atoms. The normalized spacial score (nSPS) is 29.1. The molecule has 2 fully saturated rings. The van der Waals surface area contributed by atoms with Gasteiger partial charge < -0.3 is 15.3 Å². The fraction of sp³-hybridized carbons (Fsp3) is 0.364. The molecule has 0 amide bonds. The van der Waals surface area contributed by atoms with Crippen LogP contribution < -0.4 is 10.2 Å². The van der Waals surface area contributed by atoms with Crippen molar-refractivity contribution in [1.29, 1.82) is 0 Å². The highest BCUT2D eigenvalue weighted by molar-refractivity contribution is 7.91. The number of fused-ring (bicyclic) bond motifs is 1. The quantitative estimate of drug-likeness (QED) is 0.721. The molecule has 2 aliphatic rings. The Bertz CT molecular complexity index is 614. The number of para-hydroxylation sites is 2. The van der Waals surface area contributed by atoms with E-state index in [0.717, 1.165) is 0 Å². The van der Waals surface area contributed by atoms with Gasteiger partial charge in [0.05, 0.1) is 29.3 Å². The molecule has 96 valence electrons. The van der Waals surface area contributed by atoms with Crippen LogP contribution in [0.25, 0.3) is 0 Å². The van der Waals surface area contributed by atoms with Crippen molar-refractivity contribution in [2.24, 2.45) is 0 Å². The average molecular weight is 284 g/mol. The summed E-state index contributed by atoms with van der Waals surface area (Å²) in [6.45, 7) is 0. The Morgan fingerprint density at radius 3 is 2.78 bits per heavy atom. The first-order valence-corrected chi connectivity index (χ1v) is 7.79. The maximum atomic E-state index is 11.6. The van der Waals surface area contributed by atoms with Gasteiger partial charge in [-0.2, -0.15) is 0 Å². The Labute approximate surface area is 110 Å². The van der Waals surface area contributed by atoms with E-state index in [9.17, 15) is 13.5 Å². The average Bonchev–Trinajstić information content (AvgIpc) is 2.70. The van der Waals surface area contributed by atoms with Crippen LogP contribution >= 0.6 is 12.2 Å². The van der Waals surface area contributed by atoms with Crippen molar-refractivity contribution in [1.82, 2.24) is 5.32 Å². The largest absolute Gasteiger partial charge is 0.506 e. The molecule has 3 rings (SSSR count). The van der Waals surface area contributed by atoms with Gasteiger partial charge in [0, 0.05) is 0 Å². The van der Waals surface area contributed by atoms with E-state index in [0.29, 0.717) is 10.8 Å². The van der Waals surface area contributed by atoms with E-state index in [1.807, 2.05) is 0 Å². The number of thiocarbonyl (C=S) groups is 1. The Morgan fingerprint density at radius 1 is 1.33 bits per heavy atom. The third kappa shape index (κ3) is 1.74. The van der Waals surface area contributed by atoms with Crippen LogP contribution in [0.1, 0.15) is 0 Å². The summed E-state index contributed by atoms with van der Waals surface area (Å²) >= 11 is 5.22. The number of hydrogen-bond donors (Lipinski definition) is 2. The molecule has 2 unspecified atom stereocenters. The summed E-state index contributed by atoms with van der Waals surface area (Å²) in [6, 6.07) is 6.39. The zero-order valence-corrected chi connectivity index (χ0v) is 11.0. The van der Waals surface area contributed by atoms with Gasteiger partial charge in [0.15, 0.2) is 14.9 Å². The first-order valence-electron chi connectivity index (χ1n) is 5.56. The predicted octanol–water partition coefficient (Wildman–Crippen LogP) is 0.252. The zero-order valence-electron chi connectivity index (χ0n) is 9.41. The minimum Gasteiger partial charge on any atom is -0.506 e. The number of aromatic hydroxyl groups is 1. The third-order valence-corrected chi connectivity index (χ3v) is 5.35. The number of rotatable bonds is 1. The molecule has 18 heavy (non-hydrogen) atoms. The lowest BCUT2D eigenvalue weighted by atomic mass is 10.1. The van der Waals surface area contributed by atoms with E-state index in [4.69, 9.17) is 12.2 Å². The van der Waals surface area contributed by atoms with Crippen molar-refractivity contribution >= 4 is 32.9 Å². The molecular weight excluding hydrogens is 272 g/mol. The Hall–Kier alpha value is -1.34. The standard InChI is InChI=1S/C11H12N2O3S2/c14-10-4-2-1-3-8(10)13-9-6-18(15,16)5-7(9)12-11(13)17/h1-4,7,9,14H,5-6H2,(H,12,17). The summed E-state index contributed by atoms with van der Waals surface area (Å²) in [5, 5.41) is 13.3. The minimum absolute atomic E-state index is 0.0686. The van der Waals surface area contributed by atoms with Crippen LogP contribution in [0.2, 0.25) is 0 Å². The summed E-state index contributed by atoms with van der Waals surface area (Å²) < 4.78 is 23.3. The zero-order chi connectivity index (χ0) is 12.9. The molecule has 2 N–H and O–H groups in total. The maximum Gasteiger partial charge on any atom is 0.174 e. The van der Waals surface area contributed by atoms with Gasteiger partial charge in [-0.15, -0.1) is 0 Å². The fourth-order valence-corrected chi connectivity index (χ4v) is 4.83. The monoisotopic (exact) mass is 284 g/mol. The van der Waals surface area contributed by atoms with Crippen LogP contribution in [0, 0.1) is 0 Å². The van der Waals surface area contributed by atoms with E-state index in [1.165, 1.54) is 0 Å². The van der Waals surface area contributed by atoms with E-state index in [2.05, 4.69) is 5.32 Å². The van der Waals surface area contributed by atoms with Crippen molar-refractivity contribution in [2.75, 3.05) is 16.4 Å². The van der Waals surface area contributed by atoms with Crippen LogP contribution in [0.4, 0.5) is 5.69 Å². The van der Waals surface area contributed by atoms with Gasteiger partial charge in [-0.1, -0.05) is 12.1 Å². The second kappa shape index (κ2) is 3.83. The predicted molar refractivity (Wildman–Crippen MR) is 72.5 cm³/mol. The maximum absolute atomic E-state index is 11.6. The van der Waals surface area contributed by atoms with Gasteiger partial charge in [0.25, 0.3) is 0 Å². The van der Waals surface area contributed by atoms with Crippen molar-refractivity contribution in [3.63, 3.8) is 0 Å². The Morgan fingerprint density at radius 2 is 2.06 bits per heavy atom. The highest BCUT2D eigenvalue weighted by atomic mass is 32.2. The Kier molecular flexibility index (Phi) is 2.49. The second-order valence-electron chi connectivity index (χ2n) is 4.56. The number of phenolic OH excluding ortho intramolecular Hbond substituents is 1. The molecule has 0 spiro atoms. The molecule has 2 atom stereocenters. The third-order valence-electron chi connectivity index (χ3n) is 3.32. The molecule has 1 aromatic rings. The number of sulfone groups is 1. The molecular formula is C11H12N2O3S2. The van der Waals surface area contributed by atoms with Crippen molar-refractivity contribution in [3.8, 4) is 5.75 Å². The number of hydrogen-bond acceptors (Lipinski definition) is 4.